The minimum atomic E-state index is -4.28. The second-order valence-electron chi connectivity index (χ2n) is 9.82. The van der Waals surface area contributed by atoms with Gasteiger partial charge >= 0.3 is 0 Å². The lowest BCUT2D eigenvalue weighted by Gasteiger charge is -2.32. The summed E-state index contributed by atoms with van der Waals surface area (Å²) in [4.78, 5) is 28.5. The summed E-state index contributed by atoms with van der Waals surface area (Å²) in [5.41, 5.74) is 1.22. The van der Waals surface area contributed by atoms with E-state index in [0.717, 1.165) is 16.3 Å². The monoisotopic (exact) mass is 615 g/mol. The molecule has 0 spiro atoms. The number of carbonyl (C=O) groups is 2. The molecule has 42 heavy (non-hydrogen) atoms. The van der Waals surface area contributed by atoms with Crippen LogP contribution in [0.15, 0.2) is 77.7 Å². The highest BCUT2D eigenvalue weighted by Crippen LogP contribution is 2.32. The molecule has 0 aliphatic heterocycles. The van der Waals surface area contributed by atoms with Gasteiger partial charge in [-0.25, -0.2) is 8.42 Å². The van der Waals surface area contributed by atoms with E-state index in [-0.39, 0.29) is 34.8 Å². The van der Waals surface area contributed by atoms with Crippen molar-refractivity contribution in [2.24, 2.45) is 0 Å². The lowest BCUT2D eigenvalue weighted by molar-refractivity contribution is -0.139. The van der Waals surface area contributed by atoms with E-state index in [1.807, 2.05) is 44.2 Å². The molecule has 2 atom stereocenters. The van der Waals surface area contributed by atoms with Gasteiger partial charge in [-0.05, 0) is 68.7 Å². The van der Waals surface area contributed by atoms with Gasteiger partial charge in [-0.1, -0.05) is 48.9 Å². The minimum absolute atomic E-state index is 0.0815. The number of ether oxygens (including phenoxy) is 2. The summed E-state index contributed by atoms with van der Waals surface area (Å²) in [5.74, 6) is -0.261. The van der Waals surface area contributed by atoms with Crippen molar-refractivity contribution < 1.29 is 27.5 Å². The number of amides is 2. The van der Waals surface area contributed by atoms with Crippen LogP contribution in [0.2, 0.25) is 5.02 Å². The number of sulfonamides is 1. The fraction of sp³-hybridized carbons (Fsp3) is 0.355. The molecule has 0 unspecified atom stereocenters. The molecule has 0 aliphatic rings. The lowest BCUT2D eigenvalue weighted by atomic mass is 10.1. The first-order valence-corrected chi connectivity index (χ1v) is 15.5. The molecule has 3 aromatic rings. The van der Waals surface area contributed by atoms with Gasteiger partial charge in [0.25, 0.3) is 10.0 Å². The Hall–Kier alpha value is -3.76. The standard InChI is InChI=1S/C31H38ClN3O6S/c1-6-22(2)33-31(37)23(3)34(19-18-24-10-8-7-9-11-24)30(36)21-35(26-14-12-25(32)13-15-26)42(38,39)27-16-17-28(40-4)29(20-27)41-5/h7-17,20,22-23H,6,18-19,21H2,1-5H3,(H,33,37)/t22-,23+/m0/s1. The molecule has 0 heterocycles. The molecule has 9 nitrogen and oxygen atoms in total. The molecule has 0 radical (unpaired) electrons. The van der Waals surface area contributed by atoms with E-state index in [1.165, 1.54) is 49.5 Å². The highest BCUT2D eigenvalue weighted by Gasteiger charge is 2.33. The molecule has 11 heteroatoms. The van der Waals surface area contributed by atoms with Crippen LogP contribution in [0.1, 0.15) is 32.8 Å². The Morgan fingerprint density at radius 1 is 0.929 bits per heavy atom. The van der Waals surface area contributed by atoms with Crippen molar-refractivity contribution >= 4 is 39.1 Å². The number of halogens is 1. The number of hydrogen-bond donors (Lipinski definition) is 1. The first-order valence-electron chi connectivity index (χ1n) is 13.7. The van der Waals surface area contributed by atoms with Gasteiger partial charge in [0.05, 0.1) is 24.8 Å². The molecule has 0 saturated heterocycles. The zero-order valence-corrected chi connectivity index (χ0v) is 26.1. The Balaban J connectivity index is 2.01. The molecular formula is C31H38ClN3O6S. The average Bonchev–Trinajstić information content (AvgIpc) is 3.00. The second kappa shape index (κ2) is 14.9. The third kappa shape index (κ3) is 8.17. The molecule has 226 valence electrons. The highest BCUT2D eigenvalue weighted by atomic mass is 35.5. The maximum absolute atomic E-state index is 14.1. The van der Waals surface area contributed by atoms with Gasteiger partial charge in [-0.15, -0.1) is 0 Å². The fourth-order valence-corrected chi connectivity index (χ4v) is 5.83. The molecule has 3 aromatic carbocycles. The van der Waals surface area contributed by atoms with E-state index in [0.29, 0.717) is 17.2 Å². The minimum Gasteiger partial charge on any atom is -0.493 e. The van der Waals surface area contributed by atoms with Crippen LogP contribution in [0.25, 0.3) is 0 Å². The maximum Gasteiger partial charge on any atom is 0.264 e. The number of nitrogens with zero attached hydrogens (tertiary/aromatic N) is 2. The van der Waals surface area contributed by atoms with Crippen molar-refractivity contribution in [2.75, 3.05) is 31.6 Å². The van der Waals surface area contributed by atoms with Crippen molar-refractivity contribution in [1.29, 1.82) is 0 Å². The number of carbonyl (C=O) groups excluding carboxylic acids is 2. The Bertz CT molecular complexity index is 1450. The average molecular weight is 616 g/mol. The second-order valence-corrected chi connectivity index (χ2v) is 12.1. The van der Waals surface area contributed by atoms with E-state index in [4.69, 9.17) is 21.1 Å². The van der Waals surface area contributed by atoms with Gasteiger partial charge in [0.2, 0.25) is 11.8 Å². The fourth-order valence-electron chi connectivity index (χ4n) is 4.28. The number of rotatable bonds is 14. The third-order valence-electron chi connectivity index (χ3n) is 6.99. The van der Waals surface area contributed by atoms with Crippen molar-refractivity contribution in [3.8, 4) is 11.5 Å². The van der Waals surface area contributed by atoms with E-state index in [9.17, 15) is 18.0 Å². The smallest absolute Gasteiger partial charge is 0.264 e. The zero-order chi connectivity index (χ0) is 30.9. The number of methoxy groups -OCH3 is 2. The van der Waals surface area contributed by atoms with Crippen LogP contribution in [0.5, 0.6) is 11.5 Å². The normalized spacial score (nSPS) is 12.6. The number of hydrogen-bond acceptors (Lipinski definition) is 6. The first kappa shape index (κ1) is 32.8. The predicted octanol–water partition coefficient (Wildman–Crippen LogP) is 4.93. The summed E-state index contributed by atoms with van der Waals surface area (Å²) < 4.78 is 39.7. The molecular weight excluding hydrogens is 578 g/mol. The first-order chi connectivity index (χ1) is 20.0. The number of benzene rings is 3. The molecule has 0 aromatic heterocycles. The summed E-state index contributed by atoms with van der Waals surface area (Å²) in [5, 5.41) is 3.34. The van der Waals surface area contributed by atoms with Gasteiger partial charge in [-0.2, -0.15) is 0 Å². The SMILES string of the molecule is CC[C@H](C)NC(=O)[C@@H](C)N(CCc1ccccc1)C(=O)CN(c1ccc(Cl)cc1)S(=O)(=O)c1ccc(OC)c(OC)c1. The number of anilines is 1. The highest BCUT2D eigenvalue weighted by molar-refractivity contribution is 7.92. The molecule has 3 rings (SSSR count). The van der Waals surface area contributed by atoms with Crippen molar-refractivity contribution in [1.82, 2.24) is 10.2 Å². The third-order valence-corrected chi connectivity index (χ3v) is 9.01. The van der Waals surface area contributed by atoms with Crippen LogP contribution in [-0.4, -0.2) is 64.5 Å². The summed E-state index contributed by atoms with van der Waals surface area (Å²) in [6, 6.07) is 19.0. The van der Waals surface area contributed by atoms with Crippen LogP contribution >= 0.6 is 11.6 Å². The van der Waals surface area contributed by atoms with Crippen LogP contribution in [0, 0.1) is 0 Å². The molecule has 0 saturated carbocycles. The zero-order valence-electron chi connectivity index (χ0n) is 24.5. The Morgan fingerprint density at radius 3 is 2.17 bits per heavy atom. The van der Waals surface area contributed by atoms with E-state index >= 15 is 0 Å². The van der Waals surface area contributed by atoms with Crippen molar-refractivity contribution in [2.45, 2.75) is 50.6 Å². The number of nitrogens with one attached hydrogen (secondary N) is 1. The van der Waals surface area contributed by atoms with Gasteiger partial charge in [-0.3, -0.25) is 13.9 Å². The van der Waals surface area contributed by atoms with Gasteiger partial charge < -0.3 is 19.7 Å². The van der Waals surface area contributed by atoms with Crippen LogP contribution < -0.4 is 19.1 Å². The molecule has 2 amide bonds. The lowest BCUT2D eigenvalue weighted by Crippen LogP contribution is -2.53. The quantitative estimate of drug-likeness (QED) is 0.276. The van der Waals surface area contributed by atoms with Crippen molar-refractivity contribution in [3.05, 3.63) is 83.4 Å². The summed E-state index contributed by atoms with van der Waals surface area (Å²) >= 11 is 6.09. The maximum atomic E-state index is 14.1. The van der Waals surface area contributed by atoms with Gasteiger partial charge in [0, 0.05) is 23.7 Å². The molecule has 0 fully saturated rings. The van der Waals surface area contributed by atoms with E-state index in [1.54, 1.807) is 19.1 Å². The van der Waals surface area contributed by atoms with Gasteiger partial charge in [0.15, 0.2) is 11.5 Å². The Morgan fingerprint density at radius 2 is 1.57 bits per heavy atom. The summed E-state index contributed by atoms with van der Waals surface area (Å²) in [7, 11) is -1.42. The van der Waals surface area contributed by atoms with Crippen LogP contribution in [0.4, 0.5) is 5.69 Å². The molecule has 0 bridgehead atoms. The Labute approximate surface area is 253 Å². The summed E-state index contributed by atoms with van der Waals surface area (Å²) in [6.07, 6.45) is 1.21. The Kier molecular flexibility index (Phi) is 11.6. The topological polar surface area (TPSA) is 105 Å². The van der Waals surface area contributed by atoms with Gasteiger partial charge in [0.1, 0.15) is 12.6 Å². The van der Waals surface area contributed by atoms with Crippen molar-refractivity contribution in [3.63, 3.8) is 0 Å². The van der Waals surface area contributed by atoms with Crippen LogP contribution in [-0.2, 0) is 26.0 Å². The molecule has 0 aliphatic carbocycles. The largest absolute Gasteiger partial charge is 0.493 e. The molecule has 1 N–H and O–H groups in total. The van der Waals surface area contributed by atoms with Crippen LogP contribution in [0.3, 0.4) is 0 Å². The summed E-state index contributed by atoms with van der Waals surface area (Å²) in [6.45, 7) is 5.16. The van der Waals surface area contributed by atoms with E-state index in [2.05, 4.69) is 5.32 Å². The van der Waals surface area contributed by atoms with E-state index < -0.39 is 28.5 Å². The predicted molar refractivity (Wildman–Crippen MR) is 165 cm³/mol.